The summed E-state index contributed by atoms with van der Waals surface area (Å²) in [5, 5.41) is 5.59. The molecule has 1 aliphatic rings. The van der Waals surface area contributed by atoms with Gasteiger partial charge in [0.25, 0.3) is 16.0 Å². The molecule has 1 N–H and O–H groups in total. The van der Waals surface area contributed by atoms with Crippen LogP contribution in [0, 0.1) is 0 Å². The summed E-state index contributed by atoms with van der Waals surface area (Å²) in [5.74, 6) is -0.273. The Morgan fingerprint density at radius 3 is 1.97 bits per heavy atom. The molecule has 1 aromatic heterocycles. The Labute approximate surface area is 223 Å². The van der Waals surface area contributed by atoms with E-state index in [-0.39, 0.29) is 28.1 Å². The van der Waals surface area contributed by atoms with Gasteiger partial charge in [0.05, 0.1) is 25.5 Å². The lowest BCUT2D eigenvalue weighted by Crippen LogP contribution is -2.53. The van der Waals surface area contributed by atoms with Crippen molar-refractivity contribution in [3.63, 3.8) is 0 Å². The predicted molar refractivity (Wildman–Crippen MR) is 152 cm³/mol. The third kappa shape index (κ3) is 8.60. The minimum Gasteiger partial charge on any atom is -0.415 e. The molecular formula is C23H45N3O6S2Si2. The molecule has 1 amide bonds. The van der Waals surface area contributed by atoms with Gasteiger partial charge in [-0.25, -0.2) is 4.98 Å². The maximum absolute atomic E-state index is 13.1. The van der Waals surface area contributed by atoms with E-state index in [4.69, 9.17) is 13.0 Å². The Kier molecular flexibility index (Phi) is 9.68. The third-order valence-corrected chi connectivity index (χ3v) is 17.9. The summed E-state index contributed by atoms with van der Waals surface area (Å²) in [5.41, 5.74) is 0.326. The molecule has 0 radical (unpaired) electrons. The average Bonchev–Trinajstić information content (AvgIpc) is 3.13. The van der Waals surface area contributed by atoms with Crippen molar-refractivity contribution in [1.29, 1.82) is 0 Å². The van der Waals surface area contributed by atoms with Crippen molar-refractivity contribution in [3.8, 4) is 0 Å². The van der Waals surface area contributed by atoms with Crippen molar-refractivity contribution in [2.45, 2.75) is 90.0 Å². The zero-order chi connectivity index (χ0) is 27.7. The summed E-state index contributed by atoms with van der Waals surface area (Å²) in [6, 6.07) is -0.303. The van der Waals surface area contributed by atoms with Gasteiger partial charge < -0.3 is 19.1 Å². The van der Waals surface area contributed by atoms with Gasteiger partial charge >= 0.3 is 0 Å². The monoisotopic (exact) mass is 579 g/mol. The number of amides is 1. The van der Waals surface area contributed by atoms with E-state index in [0.29, 0.717) is 37.1 Å². The van der Waals surface area contributed by atoms with E-state index >= 15 is 0 Å². The van der Waals surface area contributed by atoms with Crippen LogP contribution in [-0.4, -0.2) is 80.6 Å². The van der Waals surface area contributed by atoms with E-state index < -0.39 is 26.8 Å². The molecule has 2 heterocycles. The number of aromatic nitrogens is 1. The van der Waals surface area contributed by atoms with Crippen molar-refractivity contribution in [2.24, 2.45) is 0 Å². The van der Waals surface area contributed by atoms with E-state index in [2.05, 4.69) is 78.0 Å². The number of nitrogens with one attached hydrogen (secondary N) is 1. The first-order valence-corrected chi connectivity index (χ1v) is 20.8. The van der Waals surface area contributed by atoms with E-state index in [1.54, 1.807) is 5.38 Å². The van der Waals surface area contributed by atoms with Crippen LogP contribution in [0.2, 0.25) is 36.3 Å². The van der Waals surface area contributed by atoms with Crippen molar-refractivity contribution in [3.05, 3.63) is 11.1 Å². The maximum atomic E-state index is 13.1. The highest BCUT2D eigenvalue weighted by Crippen LogP contribution is 2.38. The summed E-state index contributed by atoms with van der Waals surface area (Å²) in [6.45, 7) is 23.5. The fraction of sp³-hybridized carbons (Fsp3) is 0.826. The molecule has 0 aliphatic carbocycles. The lowest BCUT2D eigenvalue weighted by molar-refractivity contribution is 0.0883. The van der Waals surface area contributed by atoms with Crippen LogP contribution in [0.5, 0.6) is 0 Å². The Bertz CT molecular complexity index is 980. The Hall–Kier alpha value is -0.836. The van der Waals surface area contributed by atoms with Gasteiger partial charge in [-0.2, -0.15) is 8.42 Å². The fourth-order valence-electron chi connectivity index (χ4n) is 2.86. The molecule has 0 atom stereocenters. The second-order valence-electron chi connectivity index (χ2n) is 12.7. The summed E-state index contributed by atoms with van der Waals surface area (Å²) >= 11 is 1.35. The quantitative estimate of drug-likeness (QED) is 0.303. The summed E-state index contributed by atoms with van der Waals surface area (Å²) in [6.07, 6.45) is 0.659. The first-order valence-electron chi connectivity index (χ1n) is 12.3. The Morgan fingerprint density at radius 1 is 1.08 bits per heavy atom. The van der Waals surface area contributed by atoms with Crippen LogP contribution in [-0.2, 0) is 23.2 Å². The first kappa shape index (κ1) is 31.4. The molecule has 0 aromatic carbocycles. The number of hydrogen-bond donors (Lipinski definition) is 1. The van der Waals surface area contributed by atoms with Gasteiger partial charge in [0.2, 0.25) is 0 Å². The van der Waals surface area contributed by atoms with E-state index in [0.717, 1.165) is 6.26 Å². The topological polar surface area (TPSA) is 107 Å². The third-order valence-electron chi connectivity index (χ3n) is 7.39. The highest BCUT2D eigenvalue weighted by Gasteiger charge is 2.40. The molecule has 1 aliphatic heterocycles. The molecule has 1 saturated heterocycles. The highest BCUT2D eigenvalue weighted by molar-refractivity contribution is 7.86. The molecule has 0 spiro atoms. The second-order valence-corrected chi connectivity index (χ2v) is 24.7. The van der Waals surface area contributed by atoms with Gasteiger partial charge in [-0.05, 0) is 36.3 Å². The lowest BCUT2D eigenvalue weighted by Gasteiger charge is -2.39. The molecule has 9 nitrogen and oxygen atoms in total. The molecule has 13 heteroatoms. The molecule has 0 bridgehead atoms. The number of rotatable bonds is 11. The molecular weight excluding hydrogens is 535 g/mol. The zero-order valence-electron chi connectivity index (χ0n) is 23.7. The van der Waals surface area contributed by atoms with Gasteiger partial charge in [-0.3, -0.25) is 8.98 Å². The molecule has 2 rings (SSSR count). The van der Waals surface area contributed by atoms with Crippen LogP contribution in [0.3, 0.4) is 0 Å². The van der Waals surface area contributed by atoms with Gasteiger partial charge in [0, 0.05) is 18.5 Å². The van der Waals surface area contributed by atoms with Crippen molar-refractivity contribution < 1.29 is 26.2 Å². The smallest absolute Gasteiger partial charge is 0.271 e. The zero-order valence-corrected chi connectivity index (χ0v) is 27.4. The number of anilines is 1. The Balaban J connectivity index is 2.06. The fourth-order valence-corrected chi connectivity index (χ4v) is 6.40. The number of carbonyl (C=O) groups excluding carboxylic acids is 1. The lowest BCUT2D eigenvalue weighted by atomic mass is 10.2. The largest absolute Gasteiger partial charge is 0.415 e. The summed E-state index contributed by atoms with van der Waals surface area (Å²) in [7, 11) is -7.51. The maximum Gasteiger partial charge on any atom is 0.271 e. The summed E-state index contributed by atoms with van der Waals surface area (Å²) in [4.78, 5) is 19.5. The van der Waals surface area contributed by atoms with Crippen LogP contribution in [0.15, 0.2) is 5.38 Å². The van der Waals surface area contributed by atoms with Gasteiger partial charge in [-0.15, -0.1) is 11.3 Å². The molecule has 208 valence electrons. The average molecular weight is 580 g/mol. The van der Waals surface area contributed by atoms with Crippen molar-refractivity contribution in [2.75, 3.05) is 37.5 Å². The predicted octanol–water partition coefficient (Wildman–Crippen LogP) is 4.45. The standard InChI is InChI=1S/C23H45N3O6S2Si2/c1-22(2,3)35(8,9)30-14-17(15-31-36(10,11)23(4,5)6)24-20(27)19-16-33-21(25-19)26-12-18(13-26)32-34(7,28)29/h16-18H,12-15H2,1-11H3,(H,24,27). The minimum atomic E-state index is -3.49. The normalized spacial score (nSPS) is 16.4. The van der Waals surface area contributed by atoms with Crippen molar-refractivity contribution in [1.82, 2.24) is 10.3 Å². The number of nitrogens with zero attached hydrogens (tertiary/aromatic N) is 2. The van der Waals surface area contributed by atoms with Gasteiger partial charge in [0.1, 0.15) is 11.8 Å². The second kappa shape index (κ2) is 11.1. The van der Waals surface area contributed by atoms with E-state index in [1.165, 1.54) is 11.3 Å². The number of carbonyl (C=O) groups is 1. The van der Waals surface area contributed by atoms with Crippen LogP contribution < -0.4 is 10.2 Å². The summed E-state index contributed by atoms with van der Waals surface area (Å²) < 4.78 is 40.5. The van der Waals surface area contributed by atoms with E-state index in [1.807, 2.05) is 4.90 Å². The molecule has 0 saturated carbocycles. The number of thiazole rings is 1. The SMILES string of the molecule is CC(C)(C)[Si](C)(C)OCC(CO[Si](C)(C)C(C)(C)C)NC(=O)c1csc(N2CC(OS(C)(=O)=O)C2)n1. The minimum absolute atomic E-state index is 0.0571. The van der Waals surface area contributed by atoms with E-state index in [9.17, 15) is 13.2 Å². The number of hydrogen-bond acceptors (Lipinski definition) is 9. The van der Waals surface area contributed by atoms with Crippen LogP contribution >= 0.6 is 11.3 Å². The van der Waals surface area contributed by atoms with Gasteiger partial charge in [-0.1, -0.05) is 41.5 Å². The van der Waals surface area contributed by atoms with Crippen molar-refractivity contribution >= 4 is 49.1 Å². The highest BCUT2D eigenvalue weighted by atomic mass is 32.2. The van der Waals surface area contributed by atoms with Crippen LogP contribution in [0.1, 0.15) is 52.0 Å². The molecule has 1 fully saturated rings. The van der Waals surface area contributed by atoms with Gasteiger partial charge in [0.15, 0.2) is 21.8 Å². The Morgan fingerprint density at radius 2 is 1.56 bits per heavy atom. The van der Waals surface area contributed by atoms with Crippen LogP contribution in [0.25, 0.3) is 0 Å². The first-order chi connectivity index (χ1) is 16.1. The molecule has 36 heavy (non-hydrogen) atoms. The molecule has 0 unspecified atom stereocenters. The molecule has 1 aromatic rings. The van der Waals surface area contributed by atoms with Crippen LogP contribution in [0.4, 0.5) is 5.13 Å².